The Balaban J connectivity index is 0.00000341. The number of aliphatic imine (C=N–C) groups is 1. The van der Waals surface area contributed by atoms with Gasteiger partial charge in [0.25, 0.3) is 0 Å². The van der Waals surface area contributed by atoms with Gasteiger partial charge in [0.2, 0.25) is 0 Å². The average molecular weight is 540 g/mol. The molecule has 7 nitrogen and oxygen atoms in total. The van der Waals surface area contributed by atoms with Crippen molar-refractivity contribution >= 4 is 29.9 Å². The number of aryl methyl sites for hydroxylation is 1. The minimum atomic E-state index is -1.03. The molecule has 0 amide bonds. The van der Waals surface area contributed by atoms with E-state index in [2.05, 4.69) is 44.9 Å². The molecule has 2 aromatic rings. The highest BCUT2D eigenvalue weighted by atomic mass is 127. The second-order valence-corrected chi connectivity index (χ2v) is 8.33. The molecule has 1 unspecified atom stereocenters. The van der Waals surface area contributed by atoms with Crippen molar-refractivity contribution in [3.8, 4) is 0 Å². The normalized spacial score (nSPS) is 17.0. The molecule has 1 aromatic carbocycles. The summed E-state index contributed by atoms with van der Waals surface area (Å²) in [6.45, 7) is 8.90. The molecule has 1 aliphatic heterocycles. The molecule has 0 radical (unpaired) electrons. The van der Waals surface area contributed by atoms with Crippen LogP contribution in [0.2, 0.25) is 0 Å². The molecule has 0 spiro atoms. The number of hydrogen-bond acceptors (Lipinski definition) is 4. The lowest BCUT2D eigenvalue weighted by Gasteiger charge is -2.27. The zero-order valence-corrected chi connectivity index (χ0v) is 21.3. The van der Waals surface area contributed by atoms with Gasteiger partial charge in [-0.3, -0.25) is 9.58 Å². The minimum Gasteiger partial charge on any atom is -0.383 e. The highest BCUT2D eigenvalue weighted by Gasteiger charge is 2.25. The van der Waals surface area contributed by atoms with Crippen molar-refractivity contribution in [1.29, 1.82) is 0 Å². The zero-order valence-electron chi connectivity index (χ0n) is 19.0. The number of aliphatic hydroxyl groups is 1. The fourth-order valence-electron chi connectivity index (χ4n) is 3.79. The Morgan fingerprint density at radius 1 is 1.16 bits per heavy atom. The predicted octanol–water partition coefficient (Wildman–Crippen LogP) is 2.99. The first-order chi connectivity index (χ1) is 14.5. The van der Waals surface area contributed by atoms with Crippen molar-refractivity contribution in [3.63, 3.8) is 0 Å². The first-order valence-corrected chi connectivity index (χ1v) is 11.0. The number of guanidine groups is 1. The molecular formula is C23H37IN6O. The molecule has 1 aromatic heterocycles. The Bertz CT molecular complexity index is 829. The third kappa shape index (κ3) is 7.76. The third-order valence-corrected chi connectivity index (χ3v) is 5.64. The second-order valence-electron chi connectivity index (χ2n) is 8.33. The summed E-state index contributed by atoms with van der Waals surface area (Å²) in [7, 11) is 1.85. The lowest BCUT2D eigenvalue weighted by molar-refractivity contribution is 0.0616. The van der Waals surface area contributed by atoms with Gasteiger partial charge in [0.1, 0.15) is 5.60 Å². The molecule has 8 heteroatoms. The summed E-state index contributed by atoms with van der Waals surface area (Å²) in [5, 5.41) is 21.5. The van der Waals surface area contributed by atoms with E-state index in [-0.39, 0.29) is 24.0 Å². The molecule has 1 fully saturated rings. The maximum absolute atomic E-state index is 10.8. The van der Waals surface area contributed by atoms with Gasteiger partial charge >= 0.3 is 0 Å². The lowest BCUT2D eigenvalue weighted by atomic mass is 10.00. The van der Waals surface area contributed by atoms with Crippen LogP contribution >= 0.6 is 24.0 Å². The lowest BCUT2D eigenvalue weighted by Crippen LogP contribution is -2.44. The van der Waals surface area contributed by atoms with Gasteiger partial charge in [0.15, 0.2) is 5.96 Å². The monoisotopic (exact) mass is 540 g/mol. The summed E-state index contributed by atoms with van der Waals surface area (Å²) < 4.78 is 1.70. The van der Waals surface area contributed by atoms with Gasteiger partial charge in [-0.25, -0.2) is 4.99 Å². The maximum atomic E-state index is 10.8. The van der Waals surface area contributed by atoms with Crippen molar-refractivity contribution in [3.05, 3.63) is 53.3 Å². The summed E-state index contributed by atoms with van der Waals surface area (Å²) in [5.74, 6) is 0.703. The summed E-state index contributed by atoms with van der Waals surface area (Å²) >= 11 is 0. The Kier molecular flexibility index (Phi) is 10.2. The number of hydrogen-bond donors (Lipinski definition) is 3. The fraction of sp³-hybridized carbons (Fsp3) is 0.565. The van der Waals surface area contributed by atoms with Crippen LogP contribution < -0.4 is 10.6 Å². The van der Waals surface area contributed by atoms with E-state index in [1.54, 1.807) is 17.8 Å². The van der Waals surface area contributed by atoms with Gasteiger partial charge in [0, 0.05) is 31.9 Å². The van der Waals surface area contributed by atoms with Gasteiger partial charge in [-0.15, -0.1) is 24.0 Å². The second kappa shape index (κ2) is 12.4. The number of likely N-dealkylation sites (tertiary alicyclic amines) is 1. The molecule has 31 heavy (non-hydrogen) atoms. The molecule has 0 bridgehead atoms. The molecule has 3 N–H and O–H groups in total. The number of halogens is 1. The first-order valence-electron chi connectivity index (χ1n) is 11.0. The highest BCUT2D eigenvalue weighted by Crippen LogP contribution is 2.19. The maximum Gasteiger partial charge on any atom is 0.191 e. The van der Waals surface area contributed by atoms with Crippen LogP contribution in [0.5, 0.6) is 0 Å². The molecule has 2 heterocycles. The van der Waals surface area contributed by atoms with Crippen LogP contribution in [-0.2, 0) is 25.7 Å². The number of rotatable bonds is 8. The predicted molar refractivity (Wildman–Crippen MR) is 137 cm³/mol. The van der Waals surface area contributed by atoms with Crippen LogP contribution in [0.4, 0.5) is 0 Å². The number of piperidine rings is 1. The molecular weight excluding hydrogens is 503 g/mol. The van der Waals surface area contributed by atoms with E-state index in [0.717, 1.165) is 18.7 Å². The highest BCUT2D eigenvalue weighted by molar-refractivity contribution is 14.0. The van der Waals surface area contributed by atoms with E-state index < -0.39 is 5.60 Å². The van der Waals surface area contributed by atoms with Crippen molar-refractivity contribution in [2.75, 3.05) is 26.2 Å². The third-order valence-electron chi connectivity index (χ3n) is 5.64. The first kappa shape index (κ1) is 25.6. The van der Waals surface area contributed by atoms with E-state index in [9.17, 15) is 5.11 Å². The standard InChI is InChI=1S/C23H36N6O.HI/c1-4-24-22(26-18-23(2,30)21-15-27-28(3)17-21)25-14-19-10-6-7-11-20(19)16-29-12-8-5-9-13-29;/h6-7,10-11,15,17,30H,4-5,8-9,12-14,16,18H2,1-3H3,(H2,24,25,26);1H. The van der Waals surface area contributed by atoms with Gasteiger partial charge in [0.05, 0.1) is 19.3 Å². The van der Waals surface area contributed by atoms with Gasteiger partial charge in [-0.05, 0) is 50.9 Å². The summed E-state index contributed by atoms with van der Waals surface area (Å²) in [6.07, 6.45) is 7.48. The Hall–Kier alpha value is -1.65. The summed E-state index contributed by atoms with van der Waals surface area (Å²) in [5.41, 5.74) is 2.34. The van der Waals surface area contributed by atoms with E-state index in [4.69, 9.17) is 4.99 Å². The quantitative estimate of drug-likeness (QED) is 0.273. The van der Waals surface area contributed by atoms with E-state index >= 15 is 0 Å². The van der Waals surface area contributed by atoms with Crippen LogP contribution in [0.1, 0.15) is 49.8 Å². The van der Waals surface area contributed by atoms with Gasteiger partial charge < -0.3 is 15.7 Å². The minimum absolute atomic E-state index is 0. The molecule has 0 saturated carbocycles. The molecule has 1 atom stereocenters. The number of benzene rings is 1. The summed E-state index contributed by atoms with van der Waals surface area (Å²) in [4.78, 5) is 7.33. The van der Waals surface area contributed by atoms with Crippen LogP contribution in [0, 0.1) is 0 Å². The van der Waals surface area contributed by atoms with Gasteiger partial charge in [-0.1, -0.05) is 30.7 Å². The van der Waals surface area contributed by atoms with Crippen LogP contribution in [0.15, 0.2) is 41.7 Å². The Morgan fingerprint density at radius 3 is 2.52 bits per heavy atom. The van der Waals surface area contributed by atoms with E-state index in [1.807, 2.05) is 20.2 Å². The topological polar surface area (TPSA) is 77.7 Å². The number of nitrogens with one attached hydrogen (secondary N) is 2. The Morgan fingerprint density at radius 2 is 1.87 bits per heavy atom. The molecule has 0 aliphatic carbocycles. The largest absolute Gasteiger partial charge is 0.383 e. The molecule has 3 rings (SSSR count). The SMILES string of the molecule is CCNC(=NCc1ccccc1CN1CCCCC1)NCC(C)(O)c1cnn(C)c1.I. The van der Waals surface area contributed by atoms with Gasteiger partial charge in [-0.2, -0.15) is 5.10 Å². The van der Waals surface area contributed by atoms with Crippen LogP contribution in [-0.4, -0.2) is 51.9 Å². The summed E-state index contributed by atoms with van der Waals surface area (Å²) in [6, 6.07) is 8.57. The van der Waals surface area contributed by atoms with E-state index in [1.165, 1.54) is 43.5 Å². The zero-order chi connectivity index (χ0) is 21.4. The van der Waals surface area contributed by atoms with Crippen molar-refractivity contribution in [1.82, 2.24) is 25.3 Å². The van der Waals surface area contributed by atoms with Crippen molar-refractivity contribution in [2.24, 2.45) is 12.0 Å². The number of aromatic nitrogens is 2. The molecule has 1 saturated heterocycles. The van der Waals surface area contributed by atoms with Crippen LogP contribution in [0.25, 0.3) is 0 Å². The average Bonchev–Trinajstić information content (AvgIpc) is 3.19. The Labute approximate surface area is 203 Å². The van der Waals surface area contributed by atoms with Crippen molar-refractivity contribution in [2.45, 2.75) is 51.8 Å². The van der Waals surface area contributed by atoms with E-state index in [0.29, 0.717) is 19.0 Å². The smallest absolute Gasteiger partial charge is 0.191 e. The molecule has 172 valence electrons. The fourth-order valence-corrected chi connectivity index (χ4v) is 3.79. The van der Waals surface area contributed by atoms with Crippen LogP contribution in [0.3, 0.4) is 0 Å². The van der Waals surface area contributed by atoms with Crippen molar-refractivity contribution < 1.29 is 5.11 Å². The molecule has 1 aliphatic rings. The number of nitrogens with zero attached hydrogens (tertiary/aromatic N) is 4.